The monoisotopic (exact) mass is 417 g/mol. The zero-order valence-electron chi connectivity index (χ0n) is 17.6. The van der Waals surface area contributed by atoms with Gasteiger partial charge in [-0.25, -0.2) is 9.48 Å². The SMILES string of the molecule is Cc1ccc(-n2nc(NC(=O)CCc3c(C)c4ccc(O)cc4oc3=O)cc2C)cc1. The largest absolute Gasteiger partial charge is 0.508 e. The van der Waals surface area contributed by atoms with Crippen molar-refractivity contribution in [2.45, 2.75) is 33.6 Å². The molecule has 2 aromatic heterocycles. The smallest absolute Gasteiger partial charge is 0.339 e. The lowest BCUT2D eigenvalue weighted by atomic mass is 10.0. The van der Waals surface area contributed by atoms with Crippen molar-refractivity contribution >= 4 is 22.7 Å². The van der Waals surface area contributed by atoms with E-state index < -0.39 is 5.63 Å². The first-order valence-electron chi connectivity index (χ1n) is 10.0. The van der Waals surface area contributed by atoms with Gasteiger partial charge in [-0.05, 0) is 57.0 Å². The molecule has 2 aromatic carbocycles. The van der Waals surface area contributed by atoms with Gasteiger partial charge in [0.05, 0.1) is 5.69 Å². The molecule has 31 heavy (non-hydrogen) atoms. The van der Waals surface area contributed by atoms with Crippen LogP contribution in [0.15, 0.2) is 57.7 Å². The Kier molecular flexibility index (Phi) is 5.33. The van der Waals surface area contributed by atoms with E-state index in [0.29, 0.717) is 17.0 Å². The maximum Gasteiger partial charge on any atom is 0.339 e. The standard InChI is InChI=1S/C24H23N3O4/c1-14-4-6-17(7-5-14)27-15(2)12-22(26-27)25-23(29)11-10-20-16(3)19-9-8-18(28)13-21(19)31-24(20)30/h4-9,12-13,28H,10-11H2,1-3H3,(H,25,26,29). The van der Waals surface area contributed by atoms with Crippen LogP contribution in [-0.4, -0.2) is 20.8 Å². The highest BCUT2D eigenvalue weighted by Gasteiger charge is 2.15. The number of aryl methyl sites for hydroxylation is 3. The fourth-order valence-corrected chi connectivity index (χ4v) is 3.60. The van der Waals surface area contributed by atoms with E-state index >= 15 is 0 Å². The lowest BCUT2D eigenvalue weighted by molar-refractivity contribution is -0.116. The third-order valence-corrected chi connectivity index (χ3v) is 5.31. The van der Waals surface area contributed by atoms with Crippen LogP contribution in [0.3, 0.4) is 0 Å². The minimum absolute atomic E-state index is 0.0301. The van der Waals surface area contributed by atoms with E-state index in [2.05, 4.69) is 10.4 Å². The molecule has 0 unspecified atom stereocenters. The molecule has 1 amide bonds. The second-order valence-corrected chi connectivity index (χ2v) is 7.64. The van der Waals surface area contributed by atoms with Gasteiger partial charge in [0, 0.05) is 35.2 Å². The number of anilines is 1. The Morgan fingerprint density at radius 3 is 2.58 bits per heavy atom. The second kappa shape index (κ2) is 8.10. The fourth-order valence-electron chi connectivity index (χ4n) is 3.60. The molecule has 0 spiro atoms. The molecule has 2 heterocycles. The van der Waals surface area contributed by atoms with Crippen molar-refractivity contribution in [3.05, 3.63) is 81.3 Å². The van der Waals surface area contributed by atoms with Gasteiger partial charge in [-0.3, -0.25) is 4.79 Å². The number of benzene rings is 2. The van der Waals surface area contributed by atoms with Crippen LogP contribution in [0.1, 0.15) is 28.8 Å². The Balaban J connectivity index is 1.48. The number of hydrogen-bond acceptors (Lipinski definition) is 5. The third-order valence-electron chi connectivity index (χ3n) is 5.31. The summed E-state index contributed by atoms with van der Waals surface area (Å²) in [4.78, 5) is 24.9. The summed E-state index contributed by atoms with van der Waals surface area (Å²) in [7, 11) is 0. The first kappa shape index (κ1) is 20.4. The van der Waals surface area contributed by atoms with Gasteiger partial charge in [-0.1, -0.05) is 17.7 Å². The summed E-state index contributed by atoms with van der Waals surface area (Å²) in [5.74, 6) is 0.251. The number of phenols is 1. The first-order chi connectivity index (χ1) is 14.8. The van der Waals surface area contributed by atoms with E-state index in [-0.39, 0.29) is 24.5 Å². The predicted octanol–water partition coefficient (Wildman–Crippen LogP) is 4.18. The summed E-state index contributed by atoms with van der Waals surface area (Å²) in [5.41, 5.74) is 4.00. The van der Waals surface area contributed by atoms with Crippen LogP contribution in [0.4, 0.5) is 5.82 Å². The van der Waals surface area contributed by atoms with Gasteiger partial charge in [0.2, 0.25) is 5.91 Å². The number of carbonyl (C=O) groups is 1. The number of amides is 1. The van der Waals surface area contributed by atoms with E-state index in [1.54, 1.807) is 22.9 Å². The summed E-state index contributed by atoms with van der Waals surface area (Å²) in [6.45, 7) is 5.76. The molecule has 0 bridgehead atoms. The number of aromatic nitrogens is 2. The molecule has 0 radical (unpaired) electrons. The van der Waals surface area contributed by atoms with Crippen LogP contribution >= 0.6 is 0 Å². The minimum Gasteiger partial charge on any atom is -0.508 e. The van der Waals surface area contributed by atoms with E-state index in [0.717, 1.165) is 27.9 Å². The van der Waals surface area contributed by atoms with Crippen LogP contribution in [0.2, 0.25) is 0 Å². The lowest BCUT2D eigenvalue weighted by Gasteiger charge is -2.08. The summed E-state index contributed by atoms with van der Waals surface area (Å²) in [5, 5.41) is 17.6. The molecule has 4 rings (SSSR count). The average molecular weight is 417 g/mol. The first-order valence-corrected chi connectivity index (χ1v) is 10.0. The van der Waals surface area contributed by atoms with Crippen LogP contribution in [-0.2, 0) is 11.2 Å². The number of phenolic OH excluding ortho intramolecular Hbond substituents is 1. The van der Waals surface area contributed by atoms with Crippen molar-refractivity contribution in [3.63, 3.8) is 0 Å². The average Bonchev–Trinajstić information content (AvgIpc) is 3.08. The van der Waals surface area contributed by atoms with Gasteiger partial charge in [-0.2, -0.15) is 0 Å². The maximum absolute atomic E-state index is 12.5. The summed E-state index contributed by atoms with van der Waals surface area (Å²) in [6.07, 6.45) is 0.361. The topological polar surface area (TPSA) is 97.4 Å². The van der Waals surface area contributed by atoms with Gasteiger partial charge in [0.15, 0.2) is 5.82 Å². The highest BCUT2D eigenvalue weighted by atomic mass is 16.4. The van der Waals surface area contributed by atoms with E-state index in [4.69, 9.17) is 4.42 Å². The fraction of sp³-hybridized carbons (Fsp3) is 0.208. The molecule has 4 aromatic rings. The molecule has 0 atom stereocenters. The van der Waals surface area contributed by atoms with Crippen LogP contribution in [0.25, 0.3) is 16.7 Å². The maximum atomic E-state index is 12.5. The number of hydrogen-bond donors (Lipinski definition) is 2. The molecular formula is C24H23N3O4. The van der Waals surface area contributed by atoms with E-state index in [1.807, 2.05) is 45.0 Å². The number of aromatic hydroxyl groups is 1. The quantitative estimate of drug-likeness (QED) is 0.475. The van der Waals surface area contributed by atoms with Crippen molar-refractivity contribution in [1.82, 2.24) is 9.78 Å². The summed E-state index contributed by atoms with van der Waals surface area (Å²) >= 11 is 0. The van der Waals surface area contributed by atoms with Crippen LogP contribution in [0.5, 0.6) is 5.75 Å². The van der Waals surface area contributed by atoms with Crippen LogP contribution in [0, 0.1) is 20.8 Å². The molecule has 0 saturated carbocycles. The van der Waals surface area contributed by atoms with E-state index in [9.17, 15) is 14.7 Å². The molecule has 0 aliphatic carbocycles. The highest BCUT2D eigenvalue weighted by molar-refractivity contribution is 5.90. The Hall–Kier alpha value is -3.87. The second-order valence-electron chi connectivity index (χ2n) is 7.64. The Morgan fingerprint density at radius 1 is 1.10 bits per heavy atom. The molecule has 0 saturated heterocycles. The molecular weight excluding hydrogens is 394 g/mol. The number of nitrogens with zero attached hydrogens (tertiary/aromatic N) is 2. The van der Waals surface area contributed by atoms with Gasteiger partial charge in [0.1, 0.15) is 11.3 Å². The van der Waals surface area contributed by atoms with Gasteiger partial charge >= 0.3 is 5.63 Å². The van der Waals surface area contributed by atoms with Crippen molar-refractivity contribution < 1.29 is 14.3 Å². The molecule has 0 aliphatic rings. The van der Waals surface area contributed by atoms with Crippen LogP contribution < -0.4 is 10.9 Å². The zero-order chi connectivity index (χ0) is 22.1. The Bertz CT molecular complexity index is 1330. The minimum atomic E-state index is -0.497. The number of carbonyl (C=O) groups excluding carboxylic acids is 1. The normalized spacial score (nSPS) is 11.1. The van der Waals surface area contributed by atoms with Crippen molar-refractivity contribution in [2.24, 2.45) is 0 Å². The van der Waals surface area contributed by atoms with Crippen molar-refractivity contribution in [2.75, 3.05) is 5.32 Å². The predicted molar refractivity (Wildman–Crippen MR) is 119 cm³/mol. The van der Waals surface area contributed by atoms with Crippen molar-refractivity contribution in [1.29, 1.82) is 0 Å². The summed E-state index contributed by atoms with van der Waals surface area (Å²) < 4.78 is 7.09. The molecule has 2 N–H and O–H groups in total. The van der Waals surface area contributed by atoms with Gasteiger partial charge < -0.3 is 14.8 Å². The molecule has 158 valence electrons. The molecule has 7 heteroatoms. The Labute approximate surface area is 178 Å². The highest BCUT2D eigenvalue weighted by Crippen LogP contribution is 2.24. The molecule has 0 aliphatic heterocycles. The van der Waals surface area contributed by atoms with Gasteiger partial charge in [0.25, 0.3) is 0 Å². The number of rotatable bonds is 5. The number of nitrogens with one attached hydrogen (secondary N) is 1. The summed E-state index contributed by atoms with van der Waals surface area (Å²) in [6, 6.07) is 14.4. The lowest BCUT2D eigenvalue weighted by Crippen LogP contribution is -2.17. The molecule has 7 nitrogen and oxygen atoms in total. The van der Waals surface area contributed by atoms with Crippen molar-refractivity contribution in [3.8, 4) is 11.4 Å². The van der Waals surface area contributed by atoms with E-state index in [1.165, 1.54) is 6.07 Å². The third kappa shape index (κ3) is 4.21. The molecule has 0 fully saturated rings. The Morgan fingerprint density at radius 2 is 1.84 bits per heavy atom. The number of fused-ring (bicyclic) bond motifs is 1. The zero-order valence-corrected chi connectivity index (χ0v) is 17.6. The van der Waals surface area contributed by atoms with Gasteiger partial charge in [-0.15, -0.1) is 5.10 Å².